The van der Waals surface area contributed by atoms with Crippen molar-refractivity contribution >= 4 is 27.5 Å². The summed E-state index contributed by atoms with van der Waals surface area (Å²) in [5, 5.41) is 6.89. The van der Waals surface area contributed by atoms with Crippen LogP contribution in [0.1, 0.15) is 15.9 Å². The minimum Gasteiger partial charge on any atom is -0.322 e. The van der Waals surface area contributed by atoms with Gasteiger partial charge in [-0.1, -0.05) is 12.1 Å². The van der Waals surface area contributed by atoms with Crippen molar-refractivity contribution in [2.24, 2.45) is 0 Å². The van der Waals surface area contributed by atoms with Gasteiger partial charge in [0.1, 0.15) is 12.7 Å². The number of hydrogen-bond acceptors (Lipinski definition) is 4. The molecule has 3 rings (SSSR count). The Hall–Kier alpha value is -2.54. The lowest BCUT2D eigenvalue weighted by Crippen LogP contribution is -2.12. The molecule has 1 N–H and O–H groups in total. The van der Waals surface area contributed by atoms with Crippen LogP contribution in [0.3, 0.4) is 0 Å². The van der Waals surface area contributed by atoms with Crippen LogP contribution in [0.5, 0.6) is 0 Å². The SMILES string of the molecule is O=C(Nc1ccc(Cn2cncn2)cc1)c1cncc(Br)c1. The second-order valence-corrected chi connectivity index (χ2v) is 5.55. The Morgan fingerprint density at radius 1 is 1.18 bits per heavy atom. The molecule has 0 bridgehead atoms. The van der Waals surface area contributed by atoms with Crippen molar-refractivity contribution in [2.45, 2.75) is 6.54 Å². The van der Waals surface area contributed by atoms with Crippen LogP contribution in [0.25, 0.3) is 0 Å². The Balaban J connectivity index is 1.67. The lowest BCUT2D eigenvalue weighted by atomic mass is 10.2. The number of amides is 1. The number of carbonyl (C=O) groups is 1. The predicted molar refractivity (Wildman–Crippen MR) is 85.5 cm³/mol. The van der Waals surface area contributed by atoms with E-state index in [2.05, 4.69) is 36.3 Å². The molecule has 6 nitrogen and oxygen atoms in total. The Kier molecular flexibility index (Phi) is 4.24. The van der Waals surface area contributed by atoms with E-state index in [1.807, 2.05) is 24.3 Å². The summed E-state index contributed by atoms with van der Waals surface area (Å²) in [5.41, 5.74) is 2.31. The van der Waals surface area contributed by atoms with Gasteiger partial charge in [-0.2, -0.15) is 5.10 Å². The van der Waals surface area contributed by atoms with Gasteiger partial charge < -0.3 is 5.32 Å². The fraction of sp³-hybridized carbons (Fsp3) is 0.0667. The monoisotopic (exact) mass is 357 g/mol. The van der Waals surface area contributed by atoms with Crippen molar-refractivity contribution < 1.29 is 4.79 Å². The van der Waals surface area contributed by atoms with Crippen molar-refractivity contribution in [3.8, 4) is 0 Å². The van der Waals surface area contributed by atoms with Crippen molar-refractivity contribution in [3.05, 3.63) is 71.0 Å². The molecule has 0 aliphatic heterocycles. The maximum absolute atomic E-state index is 12.1. The number of anilines is 1. The lowest BCUT2D eigenvalue weighted by Gasteiger charge is -2.07. The smallest absolute Gasteiger partial charge is 0.257 e. The number of pyridine rings is 1. The molecule has 110 valence electrons. The molecule has 1 amide bonds. The lowest BCUT2D eigenvalue weighted by molar-refractivity contribution is 0.102. The van der Waals surface area contributed by atoms with Crippen LogP contribution < -0.4 is 5.32 Å². The van der Waals surface area contributed by atoms with Gasteiger partial charge in [0.2, 0.25) is 0 Å². The van der Waals surface area contributed by atoms with Gasteiger partial charge in [-0.3, -0.25) is 9.78 Å². The Labute approximate surface area is 135 Å². The molecule has 0 spiro atoms. The van der Waals surface area contributed by atoms with Gasteiger partial charge >= 0.3 is 0 Å². The fourth-order valence-corrected chi connectivity index (χ4v) is 2.30. The number of rotatable bonds is 4. The first-order valence-electron chi connectivity index (χ1n) is 6.54. The maximum Gasteiger partial charge on any atom is 0.257 e. The Bertz CT molecular complexity index is 771. The first kappa shape index (κ1) is 14.4. The number of halogens is 1. The zero-order valence-electron chi connectivity index (χ0n) is 11.5. The minimum absolute atomic E-state index is 0.196. The van der Waals surface area contributed by atoms with E-state index in [-0.39, 0.29) is 5.91 Å². The summed E-state index contributed by atoms with van der Waals surface area (Å²) in [6.45, 7) is 0.643. The van der Waals surface area contributed by atoms with Crippen LogP contribution in [0, 0.1) is 0 Å². The van der Waals surface area contributed by atoms with Gasteiger partial charge in [-0.15, -0.1) is 0 Å². The van der Waals surface area contributed by atoms with Crippen molar-refractivity contribution in [1.29, 1.82) is 0 Å². The van der Waals surface area contributed by atoms with E-state index in [9.17, 15) is 4.79 Å². The number of carbonyl (C=O) groups excluding carboxylic acids is 1. The molecule has 0 unspecified atom stereocenters. The van der Waals surface area contributed by atoms with E-state index in [1.54, 1.807) is 23.3 Å². The van der Waals surface area contributed by atoms with Gasteiger partial charge in [0.05, 0.1) is 12.1 Å². The molecule has 0 aliphatic rings. The van der Waals surface area contributed by atoms with Crippen molar-refractivity contribution in [2.75, 3.05) is 5.32 Å². The highest BCUT2D eigenvalue weighted by molar-refractivity contribution is 9.10. The van der Waals surface area contributed by atoms with Crippen LogP contribution in [0.15, 0.2) is 59.9 Å². The van der Waals surface area contributed by atoms with Gasteiger partial charge in [-0.25, -0.2) is 9.67 Å². The topological polar surface area (TPSA) is 72.7 Å². The van der Waals surface area contributed by atoms with E-state index in [4.69, 9.17) is 0 Å². The average Bonchev–Trinajstić information content (AvgIpc) is 3.02. The van der Waals surface area contributed by atoms with Crippen LogP contribution >= 0.6 is 15.9 Å². The molecule has 2 aromatic heterocycles. The summed E-state index contributed by atoms with van der Waals surface area (Å²) < 4.78 is 2.50. The number of benzene rings is 1. The summed E-state index contributed by atoms with van der Waals surface area (Å²) in [7, 11) is 0. The zero-order valence-corrected chi connectivity index (χ0v) is 13.1. The van der Waals surface area contributed by atoms with E-state index < -0.39 is 0 Å². The number of hydrogen-bond donors (Lipinski definition) is 1. The van der Waals surface area contributed by atoms with E-state index in [1.165, 1.54) is 12.5 Å². The third-order valence-corrected chi connectivity index (χ3v) is 3.42. The van der Waals surface area contributed by atoms with Gasteiger partial charge in [0.25, 0.3) is 5.91 Å². The summed E-state index contributed by atoms with van der Waals surface area (Å²) in [6, 6.07) is 9.32. The predicted octanol–water partition coefficient (Wildman–Crippen LogP) is 2.74. The average molecular weight is 358 g/mol. The van der Waals surface area contributed by atoms with Crippen molar-refractivity contribution in [1.82, 2.24) is 19.7 Å². The molecule has 3 aromatic rings. The summed E-state index contributed by atoms with van der Waals surface area (Å²) in [5.74, 6) is -0.196. The fourth-order valence-electron chi connectivity index (χ4n) is 1.93. The van der Waals surface area contributed by atoms with Gasteiger partial charge in [0, 0.05) is 22.6 Å². The molecule has 0 aliphatic carbocycles. The maximum atomic E-state index is 12.1. The number of aromatic nitrogens is 4. The van der Waals surface area contributed by atoms with E-state index in [0.717, 1.165) is 15.7 Å². The van der Waals surface area contributed by atoms with Crippen LogP contribution in [0.2, 0.25) is 0 Å². The van der Waals surface area contributed by atoms with Crippen LogP contribution in [-0.2, 0) is 6.54 Å². The Morgan fingerprint density at radius 3 is 2.68 bits per heavy atom. The minimum atomic E-state index is -0.196. The number of nitrogens with zero attached hydrogens (tertiary/aromatic N) is 4. The molecule has 0 fully saturated rings. The highest BCUT2D eigenvalue weighted by Gasteiger charge is 2.07. The molecule has 1 aromatic carbocycles. The highest BCUT2D eigenvalue weighted by atomic mass is 79.9. The second-order valence-electron chi connectivity index (χ2n) is 4.64. The highest BCUT2D eigenvalue weighted by Crippen LogP contribution is 2.14. The standard InChI is InChI=1S/C15H12BrN5O/c16-13-5-12(6-17-7-13)15(22)20-14-3-1-11(2-4-14)8-21-10-18-9-19-21/h1-7,9-10H,8H2,(H,20,22). The molecule has 2 heterocycles. The summed E-state index contributed by atoms with van der Waals surface area (Å²) >= 11 is 3.30. The molecule has 0 atom stereocenters. The molecule has 0 saturated heterocycles. The summed E-state index contributed by atoms with van der Waals surface area (Å²) in [4.78, 5) is 20.0. The van der Waals surface area contributed by atoms with Gasteiger partial charge in [-0.05, 0) is 39.7 Å². The number of nitrogens with one attached hydrogen (secondary N) is 1. The third-order valence-electron chi connectivity index (χ3n) is 2.99. The normalized spacial score (nSPS) is 10.4. The molecule has 22 heavy (non-hydrogen) atoms. The third kappa shape index (κ3) is 3.56. The van der Waals surface area contributed by atoms with Gasteiger partial charge in [0.15, 0.2) is 0 Å². The first-order valence-corrected chi connectivity index (χ1v) is 7.33. The van der Waals surface area contributed by atoms with Crippen LogP contribution in [0.4, 0.5) is 5.69 Å². The summed E-state index contributed by atoms with van der Waals surface area (Å²) in [6.07, 6.45) is 6.32. The Morgan fingerprint density at radius 2 is 2.00 bits per heavy atom. The molecule has 0 saturated carbocycles. The van der Waals surface area contributed by atoms with Crippen LogP contribution in [-0.4, -0.2) is 25.7 Å². The first-order chi connectivity index (χ1) is 10.7. The molecular formula is C15H12BrN5O. The van der Waals surface area contributed by atoms with E-state index >= 15 is 0 Å². The van der Waals surface area contributed by atoms with E-state index in [0.29, 0.717) is 12.1 Å². The quantitative estimate of drug-likeness (QED) is 0.778. The zero-order chi connectivity index (χ0) is 15.4. The molecule has 7 heteroatoms. The molecular weight excluding hydrogens is 346 g/mol. The largest absolute Gasteiger partial charge is 0.322 e. The second kappa shape index (κ2) is 6.48. The molecule has 0 radical (unpaired) electrons. The van der Waals surface area contributed by atoms with Crippen molar-refractivity contribution in [3.63, 3.8) is 0 Å².